The van der Waals surface area contributed by atoms with Crippen molar-refractivity contribution < 1.29 is 22.7 Å². The first-order valence-corrected chi connectivity index (χ1v) is 10.3. The van der Waals surface area contributed by atoms with Gasteiger partial charge in [0.2, 0.25) is 0 Å². The molecule has 0 radical (unpaired) electrons. The molecule has 1 aromatic heterocycles. The summed E-state index contributed by atoms with van der Waals surface area (Å²) in [6.07, 6.45) is -1.58. The quantitative estimate of drug-likeness (QED) is 0.289. The van der Waals surface area contributed by atoms with Crippen LogP contribution in [0.15, 0.2) is 10.4 Å². The normalized spacial score (nSPS) is 20.2. The molecule has 0 atom stereocenters. The molecule has 172 valence electrons. The van der Waals surface area contributed by atoms with Gasteiger partial charge in [0.25, 0.3) is 0 Å². The number of halogens is 4. The van der Waals surface area contributed by atoms with Crippen LogP contribution in [0.2, 0.25) is 0 Å². The Morgan fingerprint density at radius 2 is 1.77 bits per heavy atom. The summed E-state index contributed by atoms with van der Waals surface area (Å²) < 4.78 is 43.1. The third kappa shape index (κ3) is 9.23. The fraction of sp³-hybridized carbons (Fsp3) is 0.722. The van der Waals surface area contributed by atoms with Gasteiger partial charge in [0.1, 0.15) is 10.6 Å². The van der Waals surface area contributed by atoms with Crippen LogP contribution >= 0.6 is 35.3 Å². The predicted molar refractivity (Wildman–Crippen MR) is 121 cm³/mol. The van der Waals surface area contributed by atoms with Crippen molar-refractivity contribution in [3.05, 3.63) is 16.1 Å². The van der Waals surface area contributed by atoms with Crippen LogP contribution in [0.3, 0.4) is 0 Å². The van der Waals surface area contributed by atoms with Crippen LogP contribution in [0.5, 0.6) is 0 Å². The fourth-order valence-electron chi connectivity index (χ4n) is 2.93. The van der Waals surface area contributed by atoms with E-state index < -0.39 is 23.6 Å². The Morgan fingerprint density at radius 3 is 2.23 bits per heavy atom. The lowest BCUT2D eigenvalue weighted by molar-refractivity contribution is -0.140. The second kappa shape index (κ2) is 11.3. The summed E-state index contributed by atoms with van der Waals surface area (Å²) >= 11 is 0.956. The molecule has 3 N–H and O–H groups in total. The van der Waals surface area contributed by atoms with Gasteiger partial charge in [-0.15, -0.1) is 35.3 Å². The summed E-state index contributed by atoms with van der Waals surface area (Å²) in [5.41, 5.74) is -1.41. The Morgan fingerprint density at radius 1 is 1.20 bits per heavy atom. The van der Waals surface area contributed by atoms with Gasteiger partial charge in [0.15, 0.2) is 11.7 Å². The zero-order chi connectivity index (χ0) is 21.7. The van der Waals surface area contributed by atoms with Gasteiger partial charge in [-0.05, 0) is 46.5 Å². The number of hydrogen-bond acceptors (Lipinski definition) is 5. The highest BCUT2D eigenvalue weighted by molar-refractivity contribution is 14.0. The number of thiazole rings is 1. The molecule has 12 heteroatoms. The topological polar surface area (TPSA) is 87.6 Å². The van der Waals surface area contributed by atoms with E-state index in [-0.39, 0.29) is 42.6 Å². The summed E-state index contributed by atoms with van der Waals surface area (Å²) in [4.78, 5) is 19.6. The van der Waals surface area contributed by atoms with Gasteiger partial charge in [0.05, 0.1) is 6.54 Å². The lowest BCUT2D eigenvalue weighted by Crippen LogP contribution is -2.47. The molecule has 0 bridgehead atoms. The third-order valence-electron chi connectivity index (χ3n) is 4.26. The molecule has 1 aliphatic rings. The van der Waals surface area contributed by atoms with Crippen LogP contribution in [-0.4, -0.2) is 41.8 Å². The number of ether oxygens (including phenoxy) is 1. The van der Waals surface area contributed by atoms with E-state index in [1.807, 2.05) is 20.8 Å². The van der Waals surface area contributed by atoms with E-state index >= 15 is 0 Å². The van der Waals surface area contributed by atoms with E-state index in [1.54, 1.807) is 7.05 Å². The zero-order valence-corrected chi connectivity index (χ0v) is 20.6. The Balaban J connectivity index is 0.00000450. The number of aliphatic imine (C=N–C) groups is 1. The Kier molecular flexibility index (Phi) is 10.1. The van der Waals surface area contributed by atoms with E-state index in [4.69, 9.17) is 4.74 Å². The summed E-state index contributed by atoms with van der Waals surface area (Å²) in [5, 5.41) is 10.5. The molecule has 1 aliphatic carbocycles. The number of carbonyl (C=O) groups is 1. The van der Waals surface area contributed by atoms with Crippen LogP contribution in [0.4, 0.5) is 18.0 Å². The summed E-state index contributed by atoms with van der Waals surface area (Å²) in [5.74, 6) is 0.511. The molecule has 1 amide bonds. The van der Waals surface area contributed by atoms with E-state index in [9.17, 15) is 18.0 Å². The SMILES string of the molecule is CN=C(NCc1nc(C(F)(F)F)cs1)NC1CCC(NC(=O)OC(C)(C)C)CC1.I. The van der Waals surface area contributed by atoms with Crippen molar-refractivity contribution in [3.63, 3.8) is 0 Å². The van der Waals surface area contributed by atoms with Crippen molar-refractivity contribution in [2.75, 3.05) is 7.05 Å². The first-order chi connectivity index (χ1) is 13.5. The highest BCUT2D eigenvalue weighted by atomic mass is 127. The molecule has 1 aromatic rings. The van der Waals surface area contributed by atoms with Crippen LogP contribution in [0, 0.1) is 0 Å². The minimum atomic E-state index is -4.43. The molecule has 1 saturated carbocycles. The van der Waals surface area contributed by atoms with Gasteiger partial charge in [-0.25, -0.2) is 9.78 Å². The van der Waals surface area contributed by atoms with Crippen LogP contribution in [-0.2, 0) is 17.5 Å². The number of nitrogens with zero attached hydrogens (tertiary/aromatic N) is 2. The zero-order valence-electron chi connectivity index (χ0n) is 17.4. The number of alkyl carbamates (subject to hydrolysis) is 1. The summed E-state index contributed by atoms with van der Waals surface area (Å²) in [7, 11) is 1.61. The fourth-order valence-corrected chi connectivity index (χ4v) is 3.67. The number of hydrogen-bond donors (Lipinski definition) is 3. The van der Waals surface area contributed by atoms with E-state index in [2.05, 4.69) is 25.9 Å². The van der Waals surface area contributed by atoms with E-state index in [0.717, 1.165) is 42.4 Å². The molecule has 0 spiro atoms. The Bertz CT molecular complexity index is 713. The van der Waals surface area contributed by atoms with Crippen molar-refractivity contribution in [3.8, 4) is 0 Å². The minimum Gasteiger partial charge on any atom is -0.444 e. The number of guanidine groups is 1. The van der Waals surface area contributed by atoms with Gasteiger partial charge >= 0.3 is 12.3 Å². The van der Waals surface area contributed by atoms with Gasteiger partial charge in [-0.3, -0.25) is 4.99 Å². The second-order valence-corrected chi connectivity index (χ2v) is 8.83. The highest BCUT2D eigenvalue weighted by Crippen LogP contribution is 2.29. The molecule has 30 heavy (non-hydrogen) atoms. The average molecular weight is 563 g/mol. The molecule has 0 aromatic carbocycles. The maximum atomic E-state index is 12.6. The third-order valence-corrected chi connectivity index (χ3v) is 5.11. The molecule has 1 heterocycles. The lowest BCUT2D eigenvalue weighted by Gasteiger charge is -2.31. The molecule has 0 aliphatic heterocycles. The standard InChI is InChI=1S/C18H28F3N5O2S.HI/c1-17(2,3)28-16(27)25-12-7-5-11(6-8-12)24-15(22-4)23-9-14-26-13(10-29-14)18(19,20)21;/h10-12H,5-9H2,1-4H3,(H,25,27)(H2,22,23,24);1H. The summed E-state index contributed by atoms with van der Waals surface area (Å²) in [6, 6.07) is 0.230. The molecule has 2 rings (SSSR count). The first-order valence-electron chi connectivity index (χ1n) is 9.44. The predicted octanol–water partition coefficient (Wildman–Crippen LogP) is 4.28. The monoisotopic (exact) mass is 563 g/mol. The lowest BCUT2D eigenvalue weighted by atomic mass is 9.91. The number of alkyl halides is 3. The number of rotatable bonds is 4. The van der Waals surface area contributed by atoms with Crippen molar-refractivity contribution in [1.82, 2.24) is 20.9 Å². The summed E-state index contributed by atoms with van der Waals surface area (Å²) in [6.45, 7) is 5.63. The average Bonchev–Trinajstić information content (AvgIpc) is 3.08. The number of amides is 1. The van der Waals surface area contributed by atoms with Crippen LogP contribution in [0.1, 0.15) is 57.2 Å². The van der Waals surface area contributed by atoms with Crippen molar-refractivity contribution >= 4 is 47.4 Å². The van der Waals surface area contributed by atoms with E-state index in [0.29, 0.717) is 11.0 Å². The molecule has 0 unspecified atom stereocenters. The number of nitrogens with one attached hydrogen (secondary N) is 3. The van der Waals surface area contributed by atoms with Crippen molar-refractivity contribution in [2.45, 2.75) is 76.9 Å². The molecule has 7 nitrogen and oxygen atoms in total. The molecule has 1 fully saturated rings. The van der Waals surface area contributed by atoms with E-state index in [1.165, 1.54) is 0 Å². The first kappa shape index (κ1) is 26.7. The van der Waals surface area contributed by atoms with Gasteiger partial charge in [-0.2, -0.15) is 13.2 Å². The Hall–Kier alpha value is -1.31. The van der Waals surface area contributed by atoms with Crippen molar-refractivity contribution in [2.24, 2.45) is 4.99 Å². The Labute approximate surface area is 195 Å². The van der Waals surface area contributed by atoms with Gasteiger partial charge in [0, 0.05) is 24.5 Å². The van der Waals surface area contributed by atoms with Gasteiger partial charge in [-0.1, -0.05) is 0 Å². The minimum absolute atomic E-state index is 0. The molecular weight excluding hydrogens is 534 g/mol. The van der Waals surface area contributed by atoms with Crippen LogP contribution < -0.4 is 16.0 Å². The maximum Gasteiger partial charge on any atom is 0.434 e. The number of carbonyl (C=O) groups excluding carboxylic acids is 1. The highest BCUT2D eigenvalue weighted by Gasteiger charge is 2.33. The molecule has 0 saturated heterocycles. The van der Waals surface area contributed by atoms with Gasteiger partial charge < -0.3 is 20.7 Å². The largest absolute Gasteiger partial charge is 0.444 e. The van der Waals surface area contributed by atoms with Crippen LogP contribution in [0.25, 0.3) is 0 Å². The number of aromatic nitrogens is 1. The van der Waals surface area contributed by atoms with Crippen molar-refractivity contribution in [1.29, 1.82) is 0 Å². The molecular formula is C18H29F3IN5O2S. The maximum absolute atomic E-state index is 12.6. The second-order valence-electron chi connectivity index (χ2n) is 7.89. The smallest absolute Gasteiger partial charge is 0.434 e.